The summed E-state index contributed by atoms with van der Waals surface area (Å²) in [6.07, 6.45) is 2.11. The van der Waals surface area contributed by atoms with Crippen molar-refractivity contribution in [2.24, 2.45) is 5.92 Å². The predicted molar refractivity (Wildman–Crippen MR) is 87.2 cm³/mol. The minimum absolute atomic E-state index is 0.122. The zero-order chi connectivity index (χ0) is 15.9. The summed E-state index contributed by atoms with van der Waals surface area (Å²) < 4.78 is 5.38. The lowest BCUT2D eigenvalue weighted by Gasteiger charge is -2.23. The quantitative estimate of drug-likeness (QED) is 0.780. The number of ether oxygens (including phenoxy) is 1. The molecule has 21 heavy (non-hydrogen) atoms. The summed E-state index contributed by atoms with van der Waals surface area (Å²) in [4.78, 5) is 11.9. The summed E-state index contributed by atoms with van der Waals surface area (Å²) in [6, 6.07) is 10.9. The van der Waals surface area contributed by atoms with Crippen molar-refractivity contribution in [1.29, 1.82) is 0 Å². The Hall–Kier alpha value is -1.35. The van der Waals surface area contributed by atoms with Crippen molar-refractivity contribution in [2.45, 2.75) is 59.1 Å². The monoisotopic (exact) mass is 291 g/mol. The van der Waals surface area contributed by atoms with Gasteiger partial charge in [0, 0.05) is 12.6 Å². The second-order valence-electron chi connectivity index (χ2n) is 6.77. The molecule has 0 saturated heterocycles. The second-order valence-corrected chi connectivity index (χ2v) is 6.77. The lowest BCUT2D eigenvalue weighted by atomic mass is 10.1. The average molecular weight is 291 g/mol. The fourth-order valence-corrected chi connectivity index (χ4v) is 1.99. The van der Waals surface area contributed by atoms with Gasteiger partial charge in [-0.15, -0.1) is 0 Å². The molecule has 1 N–H and O–H groups in total. The van der Waals surface area contributed by atoms with Gasteiger partial charge in [-0.2, -0.15) is 0 Å². The van der Waals surface area contributed by atoms with Crippen molar-refractivity contribution < 1.29 is 9.53 Å². The molecule has 0 aliphatic rings. The van der Waals surface area contributed by atoms with Crippen LogP contribution in [0.1, 0.15) is 46.6 Å². The van der Waals surface area contributed by atoms with E-state index < -0.39 is 5.60 Å². The number of carbonyl (C=O) groups excluding carboxylic acids is 1. The third kappa shape index (κ3) is 7.86. The van der Waals surface area contributed by atoms with E-state index in [1.54, 1.807) is 0 Å². The highest BCUT2D eigenvalue weighted by Crippen LogP contribution is 2.11. The van der Waals surface area contributed by atoms with Gasteiger partial charge in [-0.3, -0.25) is 4.79 Å². The Morgan fingerprint density at radius 3 is 2.38 bits per heavy atom. The Kier molecular flexibility index (Phi) is 6.90. The minimum atomic E-state index is -0.412. The average Bonchev–Trinajstić information content (AvgIpc) is 2.41. The number of carbonyl (C=O) groups is 1. The van der Waals surface area contributed by atoms with Gasteiger partial charge in [-0.05, 0) is 46.1 Å². The molecule has 0 amide bonds. The molecule has 0 bridgehead atoms. The van der Waals surface area contributed by atoms with Crippen LogP contribution in [0, 0.1) is 5.92 Å². The summed E-state index contributed by atoms with van der Waals surface area (Å²) in [6.45, 7) is 10.4. The number of aryl methyl sites for hydroxylation is 1. The van der Waals surface area contributed by atoms with Crippen LogP contribution in [0.5, 0.6) is 0 Å². The first-order valence-corrected chi connectivity index (χ1v) is 7.78. The third-order valence-electron chi connectivity index (χ3n) is 3.29. The zero-order valence-electron chi connectivity index (χ0n) is 14.0. The van der Waals surface area contributed by atoms with E-state index in [1.807, 2.05) is 33.8 Å². The maximum atomic E-state index is 11.9. The molecule has 0 unspecified atom stereocenters. The van der Waals surface area contributed by atoms with Crippen LogP contribution in [0.15, 0.2) is 30.3 Å². The van der Waals surface area contributed by atoms with Gasteiger partial charge in [0.1, 0.15) is 5.60 Å². The van der Waals surface area contributed by atoms with Gasteiger partial charge in [0.25, 0.3) is 0 Å². The van der Waals surface area contributed by atoms with Crippen LogP contribution in [0.2, 0.25) is 0 Å². The Balaban J connectivity index is 2.26. The van der Waals surface area contributed by atoms with Crippen molar-refractivity contribution in [3.05, 3.63) is 35.9 Å². The standard InChI is InChI=1S/C18H29NO2/c1-14(17(20)21-18(3,4)5)13-19-15(2)11-12-16-9-7-6-8-10-16/h6-10,14-15,19H,11-13H2,1-5H3/t14-,15+/m0/s1. The van der Waals surface area contributed by atoms with Crippen LogP contribution in [-0.2, 0) is 16.0 Å². The molecule has 3 heteroatoms. The molecule has 0 aliphatic carbocycles. The van der Waals surface area contributed by atoms with E-state index in [0.717, 1.165) is 12.8 Å². The Labute approximate surface area is 129 Å². The fraction of sp³-hybridized carbons (Fsp3) is 0.611. The van der Waals surface area contributed by atoms with E-state index in [0.29, 0.717) is 12.6 Å². The van der Waals surface area contributed by atoms with Crippen LogP contribution < -0.4 is 5.32 Å². The molecule has 2 atom stereocenters. The van der Waals surface area contributed by atoms with Gasteiger partial charge in [0.2, 0.25) is 0 Å². The SMILES string of the molecule is C[C@H](CCc1ccccc1)NC[C@H](C)C(=O)OC(C)(C)C. The van der Waals surface area contributed by atoms with Gasteiger partial charge in [-0.25, -0.2) is 0 Å². The predicted octanol–water partition coefficient (Wildman–Crippen LogP) is 3.58. The molecule has 3 nitrogen and oxygen atoms in total. The Morgan fingerprint density at radius 2 is 1.81 bits per heavy atom. The van der Waals surface area contributed by atoms with Crippen molar-refractivity contribution in [3.8, 4) is 0 Å². The number of hydrogen-bond acceptors (Lipinski definition) is 3. The van der Waals surface area contributed by atoms with Gasteiger partial charge in [0.05, 0.1) is 5.92 Å². The molecule has 0 saturated carbocycles. The Morgan fingerprint density at radius 1 is 1.19 bits per heavy atom. The highest BCUT2D eigenvalue weighted by molar-refractivity contribution is 5.72. The molecule has 1 rings (SSSR count). The van der Waals surface area contributed by atoms with Crippen LogP contribution in [-0.4, -0.2) is 24.2 Å². The largest absolute Gasteiger partial charge is 0.460 e. The second kappa shape index (κ2) is 8.18. The summed E-state index contributed by atoms with van der Waals surface area (Å²) in [5, 5.41) is 3.42. The van der Waals surface area contributed by atoms with Crippen LogP contribution in [0.4, 0.5) is 0 Å². The minimum Gasteiger partial charge on any atom is -0.460 e. The van der Waals surface area contributed by atoms with E-state index in [4.69, 9.17) is 4.74 Å². The van der Waals surface area contributed by atoms with E-state index in [1.165, 1.54) is 5.56 Å². The molecule has 1 aromatic carbocycles. The summed E-state index contributed by atoms with van der Waals surface area (Å²) in [5.41, 5.74) is 0.941. The van der Waals surface area contributed by atoms with Crippen LogP contribution in [0.3, 0.4) is 0 Å². The molecule has 0 aromatic heterocycles. The van der Waals surface area contributed by atoms with Crippen LogP contribution >= 0.6 is 0 Å². The molecule has 0 heterocycles. The first-order valence-electron chi connectivity index (χ1n) is 7.78. The topological polar surface area (TPSA) is 38.3 Å². The summed E-state index contributed by atoms with van der Waals surface area (Å²) in [7, 11) is 0. The molecule has 0 aliphatic heterocycles. The maximum Gasteiger partial charge on any atom is 0.310 e. The van der Waals surface area contributed by atoms with Gasteiger partial charge in [0.15, 0.2) is 0 Å². The number of hydrogen-bond donors (Lipinski definition) is 1. The highest BCUT2D eigenvalue weighted by atomic mass is 16.6. The van der Waals surface area contributed by atoms with Crippen molar-refractivity contribution >= 4 is 5.97 Å². The van der Waals surface area contributed by atoms with Gasteiger partial charge in [-0.1, -0.05) is 37.3 Å². The van der Waals surface area contributed by atoms with Gasteiger partial charge < -0.3 is 10.1 Å². The van der Waals surface area contributed by atoms with Crippen molar-refractivity contribution in [2.75, 3.05) is 6.54 Å². The van der Waals surface area contributed by atoms with Crippen molar-refractivity contribution in [3.63, 3.8) is 0 Å². The van der Waals surface area contributed by atoms with E-state index in [2.05, 4.69) is 36.5 Å². The van der Waals surface area contributed by atoms with Gasteiger partial charge >= 0.3 is 5.97 Å². The number of rotatable bonds is 7. The van der Waals surface area contributed by atoms with E-state index in [9.17, 15) is 4.79 Å². The summed E-state index contributed by atoms with van der Waals surface area (Å²) >= 11 is 0. The molecule has 0 radical (unpaired) electrons. The zero-order valence-corrected chi connectivity index (χ0v) is 14.0. The normalized spacial score (nSPS) is 14.5. The molecular weight excluding hydrogens is 262 g/mol. The lowest BCUT2D eigenvalue weighted by molar-refractivity contribution is -0.159. The molecule has 0 spiro atoms. The molecule has 0 fully saturated rings. The number of nitrogens with one attached hydrogen (secondary N) is 1. The first-order chi connectivity index (χ1) is 9.78. The smallest absolute Gasteiger partial charge is 0.310 e. The molecular formula is C18H29NO2. The third-order valence-corrected chi connectivity index (χ3v) is 3.29. The molecule has 1 aromatic rings. The van der Waals surface area contributed by atoms with Crippen molar-refractivity contribution in [1.82, 2.24) is 5.32 Å². The number of benzene rings is 1. The van der Waals surface area contributed by atoms with Crippen LogP contribution in [0.25, 0.3) is 0 Å². The Bertz CT molecular complexity index is 423. The maximum absolute atomic E-state index is 11.9. The van der Waals surface area contributed by atoms with E-state index in [-0.39, 0.29) is 11.9 Å². The lowest BCUT2D eigenvalue weighted by Crippen LogP contribution is -2.36. The molecule has 118 valence electrons. The summed E-state index contributed by atoms with van der Waals surface area (Å²) in [5.74, 6) is -0.256. The number of esters is 1. The fourth-order valence-electron chi connectivity index (χ4n) is 1.99. The van der Waals surface area contributed by atoms with E-state index >= 15 is 0 Å². The first kappa shape index (κ1) is 17.7. The highest BCUT2D eigenvalue weighted by Gasteiger charge is 2.21.